The van der Waals surface area contributed by atoms with Gasteiger partial charge in [0.1, 0.15) is 5.82 Å². The summed E-state index contributed by atoms with van der Waals surface area (Å²) in [4.78, 5) is 14.5. The average molecular weight is 336 g/mol. The van der Waals surface area contributed by atoms with Crippen LogP contribution in [0.5, 0.6) is 11.6 Å². The lowest BCUT2D eigenvalue weighted by Crippen LogP contribution is -1.94. The first-order chi connectivity index (χ1) is 12.2. The second kappa shape index (κ2) is 6.39. The number of pyridine rings is 1. The molecule has 0 atom stereocenters. The first-order valence-corrected chi connectivity index (χ1v) is 8.12. The fourth-order valence-corrected chi connectivity index (χ4v) is 2.92. The van der Waals surface area contributed by atoms with Crippen molar-refractivity contribution in [2.45, 2.75) is 19.8 Å². The molecule has 4 rings (SSSR count). The monoisotopic (exact) mass is 336 g/mol. The lowest BCUT2D eigenvalue weighted by Gasteiger charge is -2.08. The maximum atomic E-state index is 14.0. The van der Waals surface area contributed by atoms with Crippen molar-refractivity contribution in [3.63, 3.8) is 0 Å². The van der Waals surface area contributed by atoms with Crippen LogP contribution in [0.2, 0.25) is 0 Å². The number of aromatic nitrogens is 4. The van der Waals surface area contributed by atoms with Gasteiger partial charge in [-0.2, -0.15) is 0 Å². The molecule has 0 spiro atoms. The van der Waals surface area contributed by atoms with Gasteiger partial charge >= 0.3 is 0 Å². The van der Waals surface area contributed by atoms with E-state index in [1.807, 2.05) is 25.3 Å². The van der Waals surface area contributed by atoms with Crippen LogP contribution < -0.4 is 4.74 Å². The summed E-state index contributed by atoms with van der Waals surface area (Å²) in [5.41, 5.74) is 3.87. The molecule has 0 amide bonds. The molecule has 25 heavy (non-hydrogen) atoms. The summed E-state index contributed by atoms with van der Waals surface area (Å²) in [6, 6.07) is 6.67. The summed E-state index contributed by atoms with van der Waals surface area (Å²) in [5.74, 6) is 0.530. The number of rotatable bonds is 5. The molecule has 0 unspecified atom stereocenters. The normalized spacial score (nSPS) is 11.1. The molecule has 6 heteroatoms. The second-order valence-electron chi connectivity index (χ2n) is 5.85. The van der Waals surface area contributed by atoms with Crippen LogP contribution in [0.3, 0.4) is 0 Å². The zero-order chi connectivity index (χ0) is 17.2. The maximum Gasteiger partial charge on any atom is 0.219 e. The van der Waals surface area contributed by atoms with Crippen molar-refractivity contribution in [3.8, 4) is 11.6 Å². The van der Waals surface area contributed by atoms with Crippen molar-refractivity contribution in [1.82, 2.24) is 19.9 Å². The number of hydrogen-bond donors (Lipinski definition) is 2. The maximum absolute atomic E-state index is 14.0. The van der Waals surface area contributed by atoms with Gasteiger partial charge in [-0.25, -0.2) is 14.4 Å². The number of benzene rings is 1. The first-order valence-electron chi connectivity index (χ1n) is 8.12. The van der Waals surface area contributed by atoms with Crippen LogP contribution in [0.25, 0.3) is 10.9 Å². The van der Waals surface area contributed by atoms with Crippen LogP contribution >= 0.6 is 0 Å². The Hall–Kier alpha value is -3.15. The lowest BCUT2D eigenvalue weighted by molar-refractivity contribution is 0.462. The molecule has 0 bridgehead atoms. The van der Waals surface area contributed by atoms with Crippen LogP contribution in [0.1, 0.15) is 23.7 Å². The molecule has 0 fully saturated rings. The zero-order valence-corrected chi connectivity index (χ0v) is 13.7. The highest BCUT2D eigenvalue weighted by Gasteiger charge is 2.12. The Kier molecular flexibility index (Phi) is 3.93. The SMILES string of the molecule is CCc1c[nH]c2c(Oc3cc(Cc4cnc[nH]4)ccn3)cc(F)cc12. The van der Waals surface area contributed by atoms with E-state index in [2.05, 4.69) is 19.9 Å². The molecular weight excluding hydrogens is 319 g/mol. The number of aryl methyl sites for hydroxylation is 1. The quantitative estimate of drug-likeness (QED) is 0.569. The predicted molar refractivity (Wildman–Crippen MR) is 93.3 cm³/mol. The van der Waals surface area contributed by atoms with E-state index in [9.17, 15) is 4.39 Å². The van der Waals surface area contributed by atoms with E-state index in [1.165, 1.54) is 12.1 Å². The van der Waals surface area contributed by atoms with E-state index in [1.54, 1.807) is 18.7 Å². The minimum atomic E-state index is -0.328. The summed E-state index contributed by atoms with van der Waals surface area (Å²) in [6.45, 7) is 2.04. The minimum Gasteiger partial charge on any atom is -0.437 e. The Balaban J connectivity index is 1.66. The molecule has 2 N–H and O–H groups in total. The van der Waals surface area contributed by atoms with Crippen LogP contribution in [0.15, 0.2) is 49.2 Å². The summed E-state index contributed by atoms with van der Waals surface area (Å²) < 4.78 is 19.9. The summed E-state index contributed by atoms with van der Waals surface area (Å²) >= 11 is 0. The Morgan fingerprint density at radius 1 is 1.20 bits per heavy atom. The number of ether oxygens (including phenoxy) is 1. The van der Waals surface area contributed by atoms with E-state index in [-0.39, 0.29) is 5.82 Å². The molecule has 0 aliphatic carbocycles. The van der Waals surface area contributed by atoms with E-state index < -0.39 is 0 Å². The van der Waals surface area contributed by atoms with Gasteiger partial charge in [0, 0.05) is 48.2 Å². The molecule has 0 aliphatic heterocycles. The third kappa shape index (κ3) is 3.10. The van der Waals surface area contributed by atoms with E-state index in [4.69, 9.17) is 4.74 Å². The van der Waals surface area contributed by atoms with E-state index in [0.29, 0.717) is 18.1 Å². The summed E-state index contributed by atoms with van der Waals surface area (Å²) in [7, 11) is 0. The predicted octanol–water partition coefficient (Wildman–Crippen LogP) is 4.37. The fraction of sp³-hybridized carbons (Fsp3) is 0.158. The van der Waals surface area contributed by atoms with Gasteiger partial charge < -0.3 is 14.7 Å². The second-order valence-corrected chi connectivity index (χ2v) is 5.85. The Labute approximate surface area is 143 Å². The average Bonchev–Trinajstić information content (AvgIpc) is 3.24. The standard InChI is InChI=1S/C19H17FN4O/c1-2-13-9-23-19-16(13)7-14(20)8-17(19)25-18-6-12(3-4-22-18)5-15-10-21-11-24-15/h3-4,6-11,23H,2,5H2,1H3,(H,21,24). The number of imidazole rings is 1. The third-order valence-electron chi connectivity index (χ3n) is 4.15. The van der Waals surface area contributed by atoms with Crippen molar-refractivity contribution in [2.75, 3.05) is 0 Å². The van der Waals surface area contributed by atoms with Crippen LogP contribution in [0, 0.1) is 5.82 Å². The number of hydrogen-bond acceptors (Lipinski definition) is 3. The Bertz CT molecular complexity index is 1010. The van der Waals surface area contributed by atoms with Crippen molar-refractivity contribution >= 4 is 10.9 Å². The van der Waals surface area contributed by atoms with Crippen molar-refractivity contribution < 1.29 is 9.13 Å². The largest absolute Gasteiger partial charge is 0.437 e. The van der Waals surface area contributed by atoms with Gasteiger partial charge in [0.05, 0.1) is 11.8 Å². The van der Waals surface area contributed by atoms with Gasteiger partial charge in [-0.05, 0) is 29.7 Å². The smallest absolute Gasteiger partial charge is 0.219 e. The fourth-order valence-electron chi connectivity index (χ4n) is 2.92. The highest BCUT2D eigenvalue weighted by molar-refractivity contribution is 5.88. The van der Waals surface area contributed by atoms with Crippen molar-refractivity contribution in [2.24, 2.45) is 0 Å². The number of aromatic amines is 2. The minimum absolute atomic E-state index is 0.328. The van der Waals surface area contributed by atoms with Gasteiger partial charge in [0.25, 0.3) is 0 Å². The molecule has 0 aliphatic rings. The van der Waals surface area contributed by atoms with Gasteiger partial charge in [-0.1, -0.05) is 6.92 Å². The van der Waals surface area contributed by atoms with Crippen LogP contribution in [0.4, 0.5) is 4.39 Å². The van der Waals surface area contributed by atoms with Gasteiger partial charge in [0.15, 0.2) is 5.75 Å². The van der Waals surface area contributed by atoms with Gasteiger partial charge in [0.2, 0.25) is 5.88 Å². The molecule has 0 saturated carbocycles. The van der Waals surface area contributed by atoms with Gasteiger partial charge in [-0.15, -0.1) is 0 Å². The molecular formula is C19H17FN4O. The molecule has 126 valence electrons. The van der Waals surface area contributed by atoms with Crippen molar-refractivity contribution in [1.29, 1.82) is 0 Å². The van der Waals surface area contributed by atoms with E-state index >= 15 is 0 Å². The summed E-state index contributed by atoms with van der Waals surface area (Å²) in [6.07, 6.45) is 8.51. The topological polar surface area (TPSA) is 66.6 Å². The Morgan fingerprint density at radius 3 is 2.92 bits per heavy atom. The highest BCUT2D eigenvalue weighted by Crippen LogP contribution is 2.32. The molecule has 3 aromatic heterocycles. The van der Waals surface area contributed by atoms with Gasteiger partial charge in [-0.3, -0.25) is 0 Å². The number of halogens is 1. The molecule has 0 radical (unpaired) electrons. The number of fused-ring (bicyclic) bond motifs is 1. The van der Waals surface area contributed by atoms with Crippen molar-refractivity contribution in [3.05, 3.63) is 71.8 Å². The molecule has 5 nitrogen and oxygen atoms in total. The highest BCUT2D eigenvalue weighted by atomic mass is 19.1. The third-order valence-corrected chi connectivity index (χ3v) is 4.15. The Morgan fingerprint density at radius 2 is 2.12 bits per heavy atom. The molecule has 1 aromatic carbocycles. The van der Waals surface area contributed by atoms with E-state index in [0.717, 1.165) is 34.1 Å². The number of H-pyrrole nitrogens is 2. The van der Waals surface area contributed by atoms with Crippen LogP contribution in [-0.4, -0.2) is 19.9 Å². The molecule has 0 saturated heterocycles. The van der Waals surface area contributed by atoms with Crippen LogP contribution in [-0.2, 0) is 12.8 Å². The zero-order valence-electron chi connectivity index (χ0n) is 13.7. The number of nitrogens with zero attached hydrogens (tertiary/aromatic N) is 2. The molecule has 3 heterocycles. The molecule has 4 aromatic rings. The summed E-state index contributed by atoms with van der Waals surface area (Å²) in [5, 5.41) is 0.839. The lowest BCUT2D eigenvalue weighted by atomic mass is 10.1. The number of nitrogens with one attached hydrogen (secondary N) is 2. The first kappa shape index (κ1) is 15.4.